The van der Waals surface area contributed by atoms with Gasteiger partial charge in [0, 0.05) is 48.3 Å². The largest absolute Gasteiger partial charge is 0.336 e. The second-order valence-electron chi connectivity index (χ2n) is 8.91. The maximum atomic E-state index is 13.1. The Balaban J connectivity index is 1.04. The highest BCUT2D eigenvalue weighted by atomic mass is 32.1. The van der Waals surface area contributed by atoms with Crippen molar-refractivity contribution in [3.8, 4) is 11.1 Å². The number of amides is 2. The minimum atomic E-state index is 0.0103. The number of carbonyl (C=O) groups excluding carboxylic acids is 2. The molecule has 8 heteroatoms. The summed E-state index contributed by atoms with van der Waals surface area (Å²) in [6.45, 7) is 2.86. The number of aromatic nitrogens is 1. The number of hydrogen-bond donors (Lipinski definition) is 1. The van der Waals surface area contributed by atoms with Crippen molar-refractivity contribution in [3.05, 3.63) is 76.1 Å². The maximum Gasteiger partial charge on any atom is 0.273 e. The summed E-state index contributed by atoms with van der Waals surface area (Å²) in [5.74, 6) is 0.114. The standard InChI is InChI=1S/C26H24N4O2S2/c31-25(22-15-33-16-27-22)29-9-8-20(12-29)28-21-13-30(14-21)26(32)24-11-19-10-18(6-7-23(19)34-24)17-4-2-1-3-5-17/h1-7,10-11,15-16,20-21,28H,8-9,12-14H2/t20-/m0/s1. The fourth-order valence-corrected chi connectivity index (χ4v) is 6.30. The summed E-state index contributed by atoms with van der Waals surface area (Å²) in [6.07, 6.45) is 0.931. The zero-order valence-corrected chi connectivity index (χ0v) is 20.1. The molecule has 34 heavy (non-hydrogen) atoms. The van der Waals surface area contributed by atoms with Gasteiger partial charge in [0.1, 0.15) is 5.69 Å². The number of rotatable bonds is 5. The predicted molar refractivity (Wildman–Crippen MR) is 137 cm³/mol. The predicted octanol–water partition coefficient (Wildman–Crippen LogP) is 4.35. The first-order valence-electron chi connectivity index (χ1n) is 11.5. The average Bonchev–Trinajstić information content (AvgIpc) is 3.61. The van der Waals surface area contributed by atoms with E-state index in [9.17, 15) is 9.59 Å². The highest BCUT2D eigenvalue weighted by Crippen LogP contribution is 2.31. The lowest BCUT2D eigenvalue weighted by Crippen LogP contribution is -2.61. The Hall–Kier alpha value is -3.07. The first kappa shape index (κ1) is 21.5. The van der Waals surface area contributed by atoms with E-state index in [-0.39, 0.29) is 23.9 Å². The first-order chi connectivity index (χ1) is 16.6. The number of hydrogen-bond acceptors (Lipinski definition) is 6. The van der Waals surface area contributed by atoms with Crippen LogP contribution in [0.2, 0.25) is 0 Å². The number of fused-ring (bicyclic) bond motifs is 1. The number of nitrogens with one attached hydrogen (secondary N) is 1. The van der Waals surface area contributed by atoms with Gasteiger partial charge >= 0.3 is 0 Å². The molecule has 0 unspecified atom stereocenters. The van der Waals surface area contributed by atoms with Crippen LogP contribution in [0.1, 0.15) is 26.6 Å². The number of thiophene rings is 1. The van der Waals surface area contributed by atoms with E-state index in [0.29, 0.717) is 25.3 Å². The van der Waals surface area contributed by atoms with E-state index in [2.05, 4.69) is 40.6 Å². The highest BCUT2D eigenvalue weighted by molar-refractivity contribution is 7.20. The molecule has 2 saturated heterocycles. The van der Waals surface area contributed by atoms with Gasteiger partial charge in [0.2, 0.25) is 0 Å². The van der Waals surface area contributed by atoms with Gasteiger partial charge in [-0.3, -0.25) is 9.59 Å². The van der Waals surface area contributed by atoms with Gasteiger partial charge in [-0.15, -0.1) is 22.7 Å². The van der Waals surface area contributed by atoms with Crippen LogP contribution in [0.4, 0.5) is 0 Å². The SMILES string of the molecule is O=C(c1cscn1)N1CC[C@H](NC2CN(C(=O)c3cc4cc(-c5ccccc5)ccc4s3)C2)C1. The summed E-state index contributed by atoms with van der Waals surface area (Å²) < 4.78 is 1.13. The van der Waals surface area contributed by atoms with E-state index in [1.54, 1.807) is 22.2 Å². The van der Waals surface area contributed by atoms with Crippen molar-refractivity contribution >= 4 is 44.6 Å². The fraction of sp³-hybridized carbons (Fsp3) is 0.269. The van der Waals surface area contributed by atoms with Crippen LogP contribution in [0.5, 0.6) is 0 Å². The van der Waals surface area contributed by atoms with Crippen molar-refractivity contribution in [1.29, 1.82) is 0 Å². The highest BCUT2D eigenvalue weighted by Gasteiger charge is 2.35. The van der Waals surface area contributed by atoms with Crippen LogP contribution in [0, 0.1) is 0 Å². The summed E-state index contributed by atoms with van der Waals surface area (Å²) in [5, 5.41) is 6.54. The summed E-state index contributed by atoms with van der Waals surface area (Å²) in [5.41, 5.74) is 4.57. The monoisotopic (exact) mass is 488 g/mol. The molecule has 2 aliphatic heterocycles. The van der Waals surface area contributed by atoms with Gasteiger partial charge in [0.25, 0.3) is 11.8 Å². The molecule has 0 aliphatic carbocycles. The quantitative estimate of drug-likeness (QED) is 0.454. The van der Waals surface area contributed by atoms with E-state index in [1.165, 1.54) is 16.9 Å². The van der Waals surface area contributed by atoms with Crippen molar-refractivity contribution in [2.75, 3.05) is 26.2 Å². The molecular weight excluding hydrogens is 464 g/mol. The molecule has 1 atom stereocenters. The number of likely N-dealkylation sites (tertiary alicyclic amines) is 2. The third kappa shape index (κ3) is 4.13. The Labute approximate surface area is 205 Å². The molecule has 0 spiro atoms. The molecule has 0 radical (unpaired) electrons. The van der Waals surface area contributed by atoms with Crippen molar-refractivity contribution in [3.63, 3.8) is 0 Å². The van der Waals surface area contributed by atoms with Gasteiger partial charge in [0.05, 0.1) is 10.4 Å². The molecular formula is C26H24N4O2S2. The van der Waals surface area contributed by atoms with Crippen molar-refractivity contribution < 1.29 is 9.59 Å². The number of carbonyl (C=O) groups is 2. The summed E-state index contributed by atoms with van der Waals surface area (Å²) in [6, 6.07) is 19.3. The van der Waals surface area contributed by atoms with Gasteiger partial charge < -0.3 is 15.1 Å². The van der Waals surface area contributed by atoms with E-state index >= 15 is 0 Å². The Kier molecular flexibility index (Phi) is 5.64. The minimum absolute atomic E-state index is 0.0103. The maximum absolute atomic E-state index is 13.1. The smallest absolute Gasteiger partial charge is 0.273 e. The van der Waals surface area contributed by atoms with Gasteiger partial charge in [-0.05, 0) is 41.1 Å². The zero-order valence-electron chi connectivity index (χ0n) is 18.5. The van der Waals surface area contributed by atoms with E-state index in [0.717, 1.165) is 33.5 Å². The lowest BCUT2D eigenvalue weighted by Gasteiger charge is -2.40. The molecule has 2 fully saturated rings. The topological polar surface area (TPSA) is 65.5 Å². The molecule has 0 saturated carbocycles. The second kappa shape index (κ2) is 8.94. The van der Waals surface area contributed by atoms with Crippen LogP contribution < -0.4 is 5.32 Å². The molecule has 2 aliphatic rings. The Bertz CT molecular complexity index is 1330. The Morgan fingerprint density at radius 2 is 1.74 bits per heavy atom. The van der Waals surface area contributed by atoms with Gasteiger partial charge in [0.15, 0.2) is 0 Å². The molecule has 2 aromatic heterocycles. The van der Waals surface area contributed by atoms with Crippen LogP contribution >= 0.6 is 22.7 Å². The van der Waals surface area contributed by atoms with Crippen molar-refractivity contribution in [1.82, 2.24) is 20.1 Å². The van der Waals surface area contributed by atoms with Crippen LogP contribution in [0.3, 0.4) is 0 Å². The lowest BCUT2D eigenvalue weighted by molar-refractivity contribution is 0.0557. The molecule has 0 bridgehead atoms. The van der Waals surface area contributed by atoms with E-state index in [4.69, 9.17) is 0 Å². The third-order valence-corrected chi connectivity index (χ3v) is 8.29. The van der Waals surface area contributed by atoms with Crippen molar-refractivity contribution in [2.24, 2.45) is 0 Å². The molecule has 172 valence electrons. The normalized spacial score (nSPS) is 18.4. The average molecular weight is 489 g/mol. The van der Waals surface area contributed by atoms with Gasteiger partial charge in [-0.2, -0.15) is 0 Å². The molecule has 2 aromatic carbocycles. The lowest BCUT2D eigenvalue weighted by atomic mass is 10.0. The van der Waals surface area contributed by atoms with Gasteiger partial charge in [-0.1, -0.05) is 36.4 Å². The zero-order chi connectivity index (χ0) is 23.1. The Morgan fingerprint density at radius 3 is 2.53 bits per heavy atom. The summed E-state index contributed by atoms with van der Waals surface area (Å²) in [4.78, 5) is 34.2. The number of nitrogens with zero attached hydrogens (tertiary/aromatic N) is 3. The van der Waals surface area contributed by atoms with Crippen LogP contribution in [0.15, 0.2) is 65.5 Å². The molecule has 1 N–H and O–H groups in total. The van der Waals surface area contributed by atoms with Crippen LogP contribution in [-0.4, -0.2) is 64.9 Å². The summed E-state index contributed by atoms with van der Waals surface area (Å²) >= 11 is 3.00. The molecule has 4 heterocycles. The summed E-state index contributed by atoms with van der Waals surface area (Å²) in [7, 11) is 0. The van der Waals surface area contributed by atoms with E-state index < -0.39 is 0 Å². The van der Waals surface area contributed by atoms with Gasteiger partial charge in [-0.25, -0.2) is 4.98 Å². The van der Waals surface area contributed by atoms with E-state index in [1.807, 2.05) is 34.1 Å². The molecule has 2 amide bonds. The van der Waals surface area contributed by atoms with Crippen molar-refractivity contribution in [2.45, 2.75) is 18.5 Å². The number of benzene rings is 2. The molecule has 6 nitrogen and oxygen atoms in total. The van der Waals surface area contributed by atoms with Crippen LogP contribution in [0.25, 0.3) is 21.2 Å². The number of thiazole rings is 1. The van der Waals surface area contributed by atoms with Crippen LogP contribution in [-0.2, 0) is 0 Å². The molecule has 4 aromatic rings. The minimum Gasteiger partial charge on any atom is -0.336 e. The third-order valence-electron chi connectivity index (χ3n) is 6.60. The molecule has 6 rings (SSSR count). The second-order valence-corrected chi connectivity index (χ2v) is 10.7. The Morgan fingerprint density at radius 1 is 0.912 bits per heavy atom. The fourth-order valence-electron chi connectivity index (χ4n) is 4.76. The first-order valence-corrected chi connectivity index (χ1v) is 13.2.